The van der Waals surface area contributed by atoms with Crippen molar-refractivity contribution in [3.05, 3.63) is 376 Å². The van der Waals surface area contributed by atoms with E-state index in [9.17, 15) is 81.1 Å². The van der Waals surface area contributed by atoms with Crippen LogP contribution in [0.1, 0.15) is 118 Å². The molecule has 20 aromatic rings. The molecule has 0 saturated carbocycles. The average molecular weight is 1940 g/mol. The number of aromatic nitrogens is 7. The van der Waals surface area contributed by atoms with Gasteiger partial charge in [0, 0.05) is 140 Å². The predicted octanol–water partition coefficient (Wildman–Crippen LogP) is 25.9. The number of alkyl halides is 2. The van der Waals surface area contributed by atoms with Crippen LogP contribution in [0.15, 0.2) is 299 Å². The molecule has 0 atom stereocenters. The highest BCUT2D eigenvalue weighted by Gasteiger charge is 2.31. The number of imidazole rings is 3. The minimum absolute atomic E-state index is 0.00559. The van der Waals surface area contributed by atoms with Gasteiger partial charge in [0.25, 0.3) is 5.91 Å². The Morgan fingerprint density at radius 3 is 1.44 bits per heavy atom. The first-order valence-corrected chi connectivity index (χ1v) is 47.4. The summed E-state index contributed by atoms with van der Waals surface area (Å²) >= 11 is 7.70. The first kappa shape index (κ1) is 94.2. The highest BCUT2D eigenvalue weighted by atomic mass is 32.1. The summed E-state index contributed by atoms with van der Waals surface area (Å²) in [6, 6.07) is 76.6. The average Bonchev–Trinajstić information content (AvgIpc) is 1.58. The number of nitrogens with zero attached hydrogens (tertiary/aromatic N) is 4. The van der Waals surface area contributed by atoms with Crippen molar-refractivity contribution in [1.82, 2.24) is 34.5 Å². The van der Waals surface area contributed by atoms with Crippen LogP contribution in [-0.2, 0) is 35.3 Å². The van der Waals surface area contributed by atoms with E-state index in [0.717, 1.165) is 111 Å². The molecule has 0 aliphatic rings. The van der Waals surface area contributed by atoms with Crippen molar-refractivity contribution in [2.45, 2.75) is 52.0 Å². The van der Waals surface area contributed by atoms with Gasteiger partial charge in [0.05, 0.1) is 49.2 Å². The van der Waals surface area contributed by atoms with Crippen LogP contribution in [-0.4, -0.2) is 108 Å². The van der Waals surface area contributed by atoms with Crippen LogP contribution in [0, 0.1) is 18.6 Å². The lowest BCUT2D eigenvalue weighted by atomic mass is 9.99. The van der Waals surface area contributed by atoms with Crippen LogP contribution >= 0.6 is 68.0 Å². The number of hydrogen-bond acceptors (Lipinski definition) is 18. The van der Waals surface area contributed by atoms with Gasteiger partial charge in [-0.1, -0.05) is 175 Å². The number of hydrogen-bond donors (Lipinski definition) is 10. The second-order valence-corrected chi connectivity index (χ2v) is 36.3. The van der Waals surface area contributed by atoms with E-state index in [1.54, 1.807) is 46.5 Å². The van der Waals surface area contributed by atoms with Gasteiger partial charge >= 0.3 is 30.4 Å². The first-order chi connectivity index (χ1) is 66.3. The third-order valence-electron chi connectivity index (χ3n) is 21.7. The zero-order valence-electron chi connectivity index (χ0n) is 71.9. The van der Waals surface area contributed by atoms with Crippen LogP contribution in [0.5, 0.6) is 0 Å². The number of ketones is 2. The number of halogens is 4. The molecule has 0 radical (unpaired) electrons. The van der Waals surface area contributed by atoms with Crippen molar-refractivity contribution in [1.29, 1.82) is 0 Å². The molecule has 0 bridgehead atoms. The van der Waals surface area contributed by atoms with Crippen LogP contribution in [0.3, 0.4) is 0 Å². The van der Waals surface area contributed by atoms with Gasteiger partial charge in [-0.25, -0.2) is 42.9 Å². The molecule has 684 valence electrons. The van der Waals surface area contributed by atoms with Crippen molar-refractivity contribution in [3.63, 3.8) is 0 Å². The van der Waals surface area contributed by atoms with E-state index < -0.39 is 47.8 Å². The Balaban J connectivity index is 0.000000124. The minimum atomic E-state index is -2.94. The fraction of sp³-hybridized carbons (Fsp3) is 0.0769. The third-order valence-corrected chi connectivity index (χ3v) is 27.3. The molecule has 20 rings (SSSR count). The summed E-state index contributed by atoms with van der Waals surface area (Å²) in [5.74, 6) is -5.87. The second-order valence-electron chi connectivity index (χ2n) is 30.8. The summed E-state index contributed by atoms with van der Waals surface area (Å²) < 4.78 is 56.1. The second kappa shape index (κ2) is 42.9. The third kappa shape index (κ3) is 22.2. The van der Waals surface area contributed by atoms with E-state index in [2.05, 4.69) is 45.9 Å². The van der Waals surface area contributed by atoms with Gasteiger partial charge in [-0.2, -0.15) is 8.78 Å². The Hall–Kier alpha value is -16.0. The zero-order valence-corrected chi connectivity index (χ0v) is 76.8. The molecule has 0 unspecified atom stereocenters. The van der Waals surface area contributed by atoms with Gasteiger partial charge in [-0.05, 0) is 133 Å². The van der Waals surface area contributed by atoms with Crippen molar-refractivity contribution >= 4 is 190 Å². The number of benzene rings is 10. The lowest BCUT2D eigenvalue weighted by molar-refractivity contribution is -0.117. The largest absolute Gasteiger partial charge is 0.478 e. The Kier molecular flexibility index (Phi) is 29.5. The maximum atomic E-state index is 13.8. The maximum Gasteiger partial charge on any atom is 0.339 e. The normalized spacial score (nSPS) is 11.0. The molecule has 0 spiro atoms. The quantitative estimate of drug-likeness (QED) is 0.0178. The molecule has 10 N–H and O–H groups in total. The van der Waals surface area contributed by atoms with E-state index in [1.165, 1.54) is 93.2 Å². The summed E-state index contributed by atoms with van der Waals surface area (Å²) in [7, 11) is 0. The topological polar surface area (TPSA) is 362 Å². The van der Waals surface area contributed by atoms with Gasteiger partial charge in [-0.3, -0.25) is 28.5 Å². The predicted molar refractivity (Wildman–Crippen MR) is 532 cm³/mol. The summed E-state index contributed by atoms with van der Waals surface area (Å²) in [5, 5.41) is 61.6. The molecule has 0 aliphatic heterocycles. The number of carbonyl (C=O) groups excluding carboxylic acids is 5. The molecule has 0 saturated heterocycles. The highest BCUT2D eigenvalue weighted by molar-refractivity contribution is 7.18. The fourth-order valence-electron chi connectivity index (χ4n) is 15.2. The number of rotatable bonds is 26. The molecule has 23 nitrogen and oxygen atoms in total. The van der Waals surface area contributed by atoms with E-state index in [0.29, 0.717) is 72.3 Å². The summed E-state index contributed by atoms with van der Waals surface area (Å²) in [6.45, 7) is -0.965. The van der Waals surface area contributed by atoms with Crippen LogP contribution in [0.4, 0.5) is 32.6 Å². The SMILES string of the molecule is Cc1cccc(C(=O)Nc2cc(-c3nc4ccccc4[nH]3)cs2)c1.O=C(CCc1ccccc1)Nc1scc(-c2csc3ccccc23)c1C(=O)O.O=C(CCc1ccccc1)Nc1scc(-c2nc3ccccc3[nH]2)c1C(=O)O.O=C(Cc1scc(-c2c[nH]c3ccccc23)c1C(=O)O)c1cccc(F)c1.O=C(Cc1scc(-c2nc3ccccc3n2C(F)F)c1C(=O)O)c1cccc(F)c1. The number of carboxylic acids is 4. The summed E-state index contributed by atoms with van der Waals surface area (Å²) in [6.07, 6.45) is 3.18. The number of Topliss-reactive ketones (excluding diaryl/α,β-unsaturated/α-hetero) is 2. The van der Waals surface area contributed by atoms with Crippen LogP contribution in [0.2, 0.25) is 0 Å². The highest BCUT2D eigenvalue weighted by Crippen LogP contribution is 2.44. The lowest BCUT2D eigenvalue weighted by Crippen LogP contribution is -2.14. The van der Waals surface area contributed by atoms with E-state index in [4.69, 9.17) is 0 Å². The number of aromatic amines is 3. The number of amides is 3. The molecule has 10 heterocycles. The Bertz CT molecular complexity index is 7850. The smallest absolute Gasteiger partial charge is 0.339 e. The van der Waals surface area contributed by atoms with Crippen LogP contribution in [0.25, 0.3) is 111 Å². The molecule has 33 heteroatoms. The van der Waals surface area contributed by atoms with Crippen molar-refractivity contribution < 1.29 is 81.1 Å². The number of carbonyl (C=O) groups is 9. The molecular formula is C104H76F4N10O13S6. The fourth-order valence-corrected chi connectivity index (χ4v) is 20.9. The molecule has 3 amide bonds. The molecule has 137 heavy (non-hydrogen) atoms. The summed E-state index contributed by atoms with van der Waals surface area (Å²) in [5.41, 5.74) is 13.5. The number of carboxylic acid groups (broad SMARTS) is 4. The van der Waals surface area contributed by atoms with E-state index in [1.807, 2.05) is 211 Å². The lowest BCUT2D eigenvalue weighted by Gasteiger charge is -2.08. The van der Waals surface area contributed by atoms with Gasteiger partial charge in [0.1, 0.15) is 50.2 Å². The summed E-state index contributed by atoms with van der Waals surface area (Å²) in [4.78, 5) is 133. The van der Waals surface area contributed by atoms with Crippen molar-refractivity contribution in [3.8, 4) is 56.4 Å². The van der Waals surface area contributed by atoms with Crippen molar-refractivity contribution in [2.24, 2.45) is 0 Å². The number of nitrogens with one attached hydrogen (secondary N) is 6. The molecule has 0 aliphatic carbocycles. The van der Waals surface area contributed by atoms with Crippen molar-refractivity contribution in [2.75, 3.05) is 16.0 Å². The van der Waals surface area contributed by atoms with Gasteiger partial charge in [-0.15, -0.1) is 68.0 Å². The van der Waals surface area contributed by atoms with Gasteiger partial charge in [0.2, 0.25) is 11.8 Å². The number of aromatic carboxylic acids is 4. The number of aryl methyl sites for hydroxylation is 3. The standard InChI is InChI=1S/C22H17NO3S2.C21H13F3N2O3S.C21H14FNO3S.C21H17N3O3S.C19H15N3OS/c24-19(11-10-14-6-2-1-3-7-14)23-21-20(22(25)26)17(13-28-21)16-12-27-18-9-5-4-8-15(16)18;22-12-5-3-4-11(8-12)16(27)9-17-18(20(28)29)13(10-30-17)19-25-14-6-1-2-7-15(14)26(19)21(23)24;22-13-5-3-4-12(8-13)18(24)9-19-20(21(25)26)16(11-27-19)15-10-23-17-7-2-1-6-14(15)17;25-17(11-10-13-6-2-1-3-7-13)24-20-18(21(26)27)14(12-28-20)19-22-15-8-4-5-9-16(15)23-19;1-12-5-4-6-13(9-12)19(23)22-17-10-14(11-24-17)18-20-15-7-2-3-8-16(15)21-18/h1-9,12-13H,10-11H2,(H,23,24)(H,25,26);1-8,10,21H,9H2,(H,28,29);1-8,10-11,23H,9H2,(H,25,26);1-9,12H,10-11H2,(H,22,23)(H,24,25)(H,26,27);2-11H,1H3,(H,20,21)(H,22,23). The van der Waals surface area contributed by atoms with E-state index in [-0.39, 0.29) is 97.9 Å². The zero-order chi connectivity index (χ0) is 95.9. The Morgan fingerprint density at radius 2 is 0.869 bits per heavy atom. The molecular weight excluding hydrogens is 1870 g/mol. The number of fused-ring (bicyclic) bond motifs is 5. The Morgan fingerprint density at radius 1 is 0.401 bits per heavy atom. The van der Waals surface area contributed by atoms with Gasteiger partial charge < -0.3 is 51.3 Å². The number of H-pyrrole nitrogens is 3. The molecule has 0 fully saturated rings. The number of thiophene rings is 6. The maximum absolute atomic E-state index is 13.8. The molecule has 10 aromatic carbocycles. The monoisotopic (exact) mass is 1940 g/mol. The Labute approximate surface area is 800 Å². The van der Waals surface area contributed by atoms with Gasteiger partial charge in [0.15, 0.2) is 11.6 Å². The number of anilines is 3. The van der Waals surface area contributed by atoms with Crippen LogP contribution < -0.4 is 16.0 Å². The molecule has 10 aromatic heterocycles. The number of para-hydroxylation sites is 7. The minimum Gasteiger partial charge on any atom is -0.478 e. The first-order valence-electron chi connectivity index (χ1n) is 42.1. The van der Waals surface area contributed by atoms with E-state index >= 15 is 0 Å².